The van der Waals surface area contributed by atoms with Gasteiger partial charge in [-0.15, -0.1) is 0 Å². The van der Waals surface area contributed by atoms with Crippen molar-refractivity contribution in [3.63, 3.8) is 0 Å². The van der Waals surface area contributed by atoms with Gasteiger partial charge in [0, 0.05) is 15.6 Å². The Morgan fingerprint density at radius 1 is 1.14 bits per heavy atom. The molecule has 3 rings (SSSR count). The zero-order chi connectivity index (χ0) is 20.1. The molecule has 1 heterocycles. The summed E-state index contributed by atoms with van der Waals surface area (Å²) in [5.74, 6) is 0.326. The Hall–Kier alpha value is -2.50. The lowest BCUT2D eigenvalue weighted by atomic mass is 10.2. The molecule has 146 valence electrons. The largest absolute Gasteiger partial charge is 0.483 e. The smallest absolute Gasteiger partial charge is 0.261 e. The molecule has 0 aliphatic rings. The van der Waals surface area contributed by atoms with E-state index in [1.165, 1.54) is 23.3 Å². The average molecular weight is 422 g/mol. The van der Waals surface area contributed by atoms with Crippen molar-refractivity contribution >= 4 is 29.1 Å². The van der Waals surface area contributed by atoms with Crippen molar-refractivity contribution in [2.45, 2.75) is 20.0 Å². The first-order chi connectivity index (χ1) is 13.4. The molecule has 28 heavy (non-hydrogen) atoms. The molecule has 0 aliphatic carbocycles. The summed E-state index contributed by atoms with van der Waals surface area (Å²) in [5.41, 5.74) is 1.06. The minimum Gasteiger partial charge on any atom is -0.483 e. The topological polar surface area (TPSA) is 42.7 Å². The molecule has 0 spiro atoms. The van der Waals surface area contributed by atoms with Crippen LogP contribution in [0.2, 0.25) is 10.0 Å². The van der Waals surface area contributed by atoms with Gasteiger partial charge < -0.3 is 14.1 Å². The number of rotatable bonds is 7. The SMILES string of the molecule is Cc1cc(Cl)ccc1OCC(=O)N(Cc1ccco1)Cc1c(F)cccc1Cl. The van der Waals surface area contributed by atoms with E-state index in [1.54, 1.807) is 36.4 Å². The van der Waals surface area contributed by atoms with E-state index < -0.39 is 5.82 Å². The molecule has 1 aromatic heterocycles. The van der Waals surface area contributed by atoms with Gasteiger partial charge in [-0.2, -0.15) is 0 Å². The third-order valence-electron chi connectivity index (χ3n) is 4.18. The van der Waals surface area contributed by atoms with Crippen LogP contribution in [-0.4, -0.2) is 17.4 Å². The van der Waals surface area contributed by atoms with Gasteiger partial charge in [-0.25, -0.2) is 4.39 Å². The number of hydrogen-bond acceptors (Lipinski definition) is 3. The molecule has 3 aromatic rings. The van der Waals surface area contributed by atoms with Crippen LogP contribution in [0.25, 0.3) is 0 Å². The van der Waals surface area contributed by atoms with Crippen LogP contribution < -0.4 is 4.74 Å². The fraction of sp³-hybridized carbons (Fsp3) is 0.190. The van der Waals surface area contributed by atoms with Gasteiger partial charge in [-0.3, -0.25) is 4.79 Å². The third-order valence-corrected chi connectivity index (χ3v) is 4.77. The van der Waals surface area contributed by atoms with Crippen molar-refractivity contribution < 1.29 is 18.3 Å². The lowest BCUT2D eigenvalue weighted by Gasteiger charge is -2.23. The molecule has 0 saturated heterocycles. The van der Waals surface area contributed by atoms with Gasteiger partial charge in [0.2, 0.25) is 0 Å². The molecule has 4 nitrogen and oxygen atoms in total. The normalized spacial score (nSPS) is 10.7. The summed E-state index contributed by atoms with van der Waals surface area (Å²) in [5, 5.41) is 0.844. The van der Waals surface area contributed by atoms with Crippen LogP contribution >= 0.6 is 23.2 Å². The van der Waals surface area contributed by atoms with E-state index in [0.717, 1.165) is 5.56 Å². The summed E-state index contributed by atoms with van der Waals surface area (Å²) in [6, 6.07) is 13.0. The van der Waals surface area contributed by atoms with Crippen molar-refractivity contribution in [2.24, 2.45) is 0 Å². The van der Waals surface area contributed by atoms with Crippen molar-refractivity contribution in [1.82, 2.24) is 4.90 Å². The van der Waals surface area contributed by atoms with E-state index in [4.69, 9.17) is 32.4 Å². The summed E-state index contributed by atoms with van der Waals surface area (Å²) in [6.45, 7) is 1.79. The van der Waals surface area contributed by atoms with Crippen LogP contribution in [0, 0.1) is 12.7 Å². The molecule has 2 aromatic carbocycles. The minimum atomic E-state index is -0.473. The number of halogens is 3. The summed E-state index contributed by atoms with van der Waals surface area (Å²) in [4.78, 5) is 14.3. The molecule has 0 atom stereocenters. The predicted molar refractivity (Wildman–Crippen MR) is 106 cm³/mol. The highest BCUT2D eigenvalue weighted by atomic mass is 35.5. The van der Waals surface area contributed by atoms with Gasteiger partial charge in [0.05, 0.1) is 19.4 Å². The Kier molecular flexibility index (Phi) is 6.60. The molecule has 0 unspecified atom stereocenters. The molecular weight excluding hydrogens is 404 g/mol. The maximum absolute atomic E-state index is 14.2. The number of benzene rings is 2. The van der Waals surface area contributed by atoms with Crippen molar-refractivity contribution in [2.75, 3.05) is 6.61 Å². The van der Waals surface area contributed by atoms with Crippen molar-refractivity contribution in [3.05, 3.63) is 87.5 Å². The fourth-order valence-corrected chi connectivity index (χ4v) is 3.15. The lowest BCUT2D eigenvalue weighted by molar-refractivity contribution is -0.134. The summed E-state index contributed by atoms with van der Waals surface area (Å²) >= 11 is 12.1. The second-order valence-electron chi connectivity index (χ2n) is 6.23. The molecule has 0 bridgehead atoms. The number of nitrogens with zero attached hydrogens (tertiary/aromatic N) is 1. The maximum atomic E-state index is 14.2. The summed E-state index contributed by atoms with van der Waals surface area (Å²) in [6.07, 6.45) is 1.52. The fourth-order valence-electron chi connectivity index (χ4n) is 2.70. The van der Waals surface area contributed by atoms with Crippen LogP contribution in [0.3, 0.4) is 0 Å². The monoisotopic (exact) mass is 421 g/mol. The zero-order valence-corrected chi connectivity index (χ0v) is 16.6. The number of carbonyl (C=O) groups excluding carboxylic acids is 1. The number of carbonyl (C=O) groups is 1. The van der Waals surface area contributed by atoms with Crippen LogP contribution in [-0.2, 0) is 17.9 Å². The minimum absolute atomic E-state index is 0.00595. The Labute approximate surface area is 172 Å². The molecule has 1 amide bonds. The molecule has 0 fully saturated rings. The highest BCUT2D eigenvalue weighted by Gasteiger charge is 2.20. The third kappa shape index (κ3) is 5.06. The average Bonchev–Trinajstić information content (AvgIpc) is 3.16. The van der Waals surface area contributed by atoms with Crippen LogP contribution in [0.5, 0.6) is 5.75 Å². The quantitative estimate of drug-likeness (QED) is 0.495. The second kappa shape index (κ2) is 9.13. The first-order valence-corrected chi connectivity index (χ1v) is 9.31. The molecular formula is C21H18Cl2FNO3. The molecule has 0 radical (unpaired) electrons. The number of hydrogen-bond donors (Lipinski definition) is 0. The Morgan fingerprint density at radius 2 is 1.96 bits per heavy atom. The lowest BCUT2D eigenvalue weighted by Crippen LogP contribution is -2.34. The first kappa shape index (κ1) is 20.2. The Morgan fingerprint density at radius 3 is 2.64 bits per heavy atom. The second-order valence-corrected chi connectivity index (χ2v) is 7.07. The standard InChI is InChI=1S/C21H18Cl2FNO3/c1-14-10-15(22)7-8-20(14)28-13-21(26)25(11-16-4-3-9-27-16)12-17-18(23)5-2-6-19(17)24/h2-10H,11-13H2,1H3. The van der Waals surface area contributed by atoms with E-state index in [2.05, 4.69) is 0 Å². The van der Waals surface area contributed by atoms with Crippen LogP contribution in [0.4, 0.5) is 4.39 Å². The van der Waals surface area contributed by atoms with Crippen molar-refractivity contribution in [1.29, 1.82) is 0 Å². The molecule has 0 saturated carbocycles. The number of ether oxygens (including phenoxy) is 1. The van der Waals surface area contributed by atoms with E-state index in [-0.39, 0.29) is 36.2 Å². The van der Waals surface area contributed by atoms with Crippen molar-refractivity contribution in [3.8, 4) is 5.75 Å². The first-order valence-electron chi connectivity index (χ1n) is 8.56. The van der Waals surface area contributed by atoms with Gasteiger partial charge in [-0.1, -0.05) is 29.3 Å². The summed E-state index contributed by atoms with van der Waals surface area (Å²) < 4.78 is 25.2. The van der Waals surface area contributed by atoms with E-state index in [9.17, 15) is 9.18 Å². The Balaban J connectivity index is 1.76. The van der Waals surface area contributed by atoms with Gasteiger partial charge in [0.1, 0.15) is 17.3 Å². The Bertz CT molecular complexity index is 940. The molecule has 7 heteroatoms. The van der Waals surface area contributed by atoms with Crippen LogP contribution in [0.15, 0.2) is 59.2 Å². The van der Waals surface area contributed by atoms with Gasteiger partial charge >= 0.3 is 0 Å². The predicted octanol–water partition coefficient (Wildman–Crippen LogP) is 5.64. The highest BCUT2D eigenvalue weighted by molar-refractivity contribution is 6.31. The van der Waals surface area contributed by atoms with E-state index >= 15 is 0 Å². The summed E-state index contributed by atoms with van der Waals surface area (Å²) in [7, 11) is 0. The van der Waals surface area contributed by atoms with Crippen LogP contribution in [0.1, 0.15) is 16.9 Å². The molecule has 0 aliphatic heterocycles. The molecule has 0 N–H and O–H groups in total. The number of furan rings is 1. The number of amides is 1. The van der Waals surface area contributed by atoms with Gasteiger partial charge in [0.15, 0.2) is 6.61 Å². The zero-order valence-electron chi connectivity index (χ0n) is 15.1. The number of aryl methyl sites for hydroxylation is 1. The van der Waals surface area contributed by atoms with E-state index in [0.29, 0.717) is 16.5 Å². The van der Waals surface area contributed by atoms with Gasteiger partial charge in [0.25, 0.3) is 5.91 Å². The highest BCUT2D eigenvalue weighted by Crippen LogP contribution is 2.24. The maximum Gasteiger partial charge on any atom is 0.261 e. The van der Waals surface area contributed by atoms with E-state index in [1.807, 2.05) is 6.92 Å². The van der Waals surface area contributed by atoms with Gasteiger partial charge in [-0.05, 0) is 55.0 Å².